The first-order chi connectivity index (χ1) is 42.2. The molecule has 23 N–H and O–H groups in total. The standard InChI is InChI=1S/C49H81NO37S2/c1-11(41(70)71)7-88-9-18-39-25(61)32(68)48(79-18)84-37-16(5-54)75-45(28(64)21(37)57)83-36-15(4-53)78-47(31(67)24(36)60)87-40-19(10-89-8-12(50)42(72)73)80-49(33(69)26(40)62)85-38-17(6-55)76-44(29(65)22(38)58)81-34-13(2-51)74-43(27(63)20(34)56)82-35-14(3-52)77-46(86-39)30(66)23(35)59/h11-40,43-49,51-69H,2-10,50H2,1H3,(H,70,71)(H,72,73)/t11-,12-,13?,14?,15?,16?,17?,18?,19?,20?,21-,22-,23-,24?,25-,26?,27+,28?,29?,30?,31+,32?,33+,34-,35-,36-,37-,38-,39-,40-,43-,44-,45+,46-,47+,48-,49+/m1/s1. The van der Waals surface area contributed by atoms with Crippen molar-refractivity contribution in [3.05, 3.63) is 0 Å². The quantitative estimate of drug-likeness (QED) is 0.0724. The zero-order chi connectivity index (χ0) is 65.2. The van der Waals surface area contributed by atoms with Crippen molar-refractivity contribution < 1.29 is 183 Å². The van der Waals surface area contributed by atoms with E-state index >= 15 is 0 Å². The summed E-state index contributed by atoms with van der Waals surface area (Å²) in [6.07, 6.45) is -70.9. The number of hydrogen-bond acceptors (Lipinski definition) is 38. The number of aliphatic hydroxyl groups excluding tert-OH is 19. The summed E-state index contributed by atoms with van der Waals surface area (Å²) in [6, 6.07) is -1.46. The molecule has 21 aliphatic rings. The number of aliphatic hydroxyl groups is 19. The van der Waals surface area contributed by atoms with Crippen LogP contribution in [-0.4, -0.2) is 396 Å². The van der Waals surface area contributed by atoms with Crippen LogP contribution in [-0.2, 0) is 75.9 Å². The third-order valence-electron chi connectivity index (χ3n) is 16.4. The zero-order valence-electron chi connectivity index (χ0n) is 47.0. The van der Waals surface area contributed by atoms with E-state index in [9.17, 15) is 117 Å². The highest BCUT2D eigenvalue weighted by atomic mass is 32.2. The molecule has 0 saturated carbocycles. The van der Waals surface area contributed by atoms with Gasteiger partial charge in [-0.3, -0.25) is 9.59 Å². The Kier molecular flexibility index (Phi) is 26.2. The summed E-state index contributed by atoms with van der Waals surface area (Å²) in [5, 5.41) is 233. The highest BCUT2D eigenvalue weighted by Crippen LogP contribution is 2.40. The minimum atomic E-state index is -2.25. The van der Waals surface area contributed by atoms with Crippen molar-refractivity contribution >= 4 is 35.5 Å². The van der Waals surface area contributed by atoms with E-state index < -0.39 is 272 Å². The SMILES string of the molecule is C[C@H](CSCC1O[C@@H]2O[C@@H]3C(CO)O[C@@H](O[C@@H]4C(CO)O[C@@H](O[C@@H]5C(CSC[C@@H](N)C(=O)O)O[C@@H](O[C@@H]6C(CO)O[C@H](O[C@@H]7C(CO)O[C@H](O[C@@H]8C(CO)O[C@H](O[C@H]1[C@H](O)C2O)C(O)[C@H]8O)[C@@H](O)C7O)C(O)[C@H]6O)[C@@H](O)C5O)[C@@H](O)C4O)C(O)[C@H]3O)C(=O)O. The van der Waals surface area contributed by atoms with Crippen LogP contribution in [0.2, 0.25) is 0 Å². The fourth-order valence-corrected chi connectivity index (χ4v) is 13.4. The van der Waals surface area contributed by atoms with Crippen molar-refractivity contribution in [1.29, 1.82) is 0 Å². The maximum absolute atomic E-state index is 11.7. The largest absolute Gasteiger partial charge is 0.481 e. The van der Waals surface area contributed by atoms with Gasteiger partial charge in [0.1, 0.15) is 165 Å². The van der Waals surface area contributed by atoms with Gasteiger partial charge in [0.25, 0.3) is 0 Å². The molecular formula is C49H81NO37S2. The van der Waals surface area contributed by atoms with Crippen molar-refractivity contribution in [2.24, 2.45) is 11.7 Å². The van der Waals surface area contributed by atoms with Crippen LogP contribution in [0.1, 0.15) is 6.92 Å². The van der Waals surface area contributed by atoms with Gasteiger partial charge in [0, 0.05) is 23.0 Å². The zero-order valence-corrected chi connectivity index (χ0v) is 48.7. The fraction of sp³-hybridized carbons (Fsp3) is 0.959. The molecule has 37 atom stereocenters. The van der Waals surface area contributed by atoms with Crippen molar-refractivity contribution in [2.45, 2.75) is 228 Å². The van der Waals surface area contributed by atoms with Crippen LogP contribution in [0, 0.1) is 5.92 Å². The molecule has 0 radical (unpaired) electrons. The molecule has 516 valence electrons. The van der Waals surface area contributed by atoms with Gasteiger partial charge in [-0.15, -0.1) is 0 Å². The predicted octanol–water partition coefficient (Wildman–Crippen LogP) is -13.6. The summed E-state index contributed by atoms with van der Waals surface area (Å²) in [5.41, 5.74) is 5.70. The number of carboxylic acids is 2. The molecule has 14 bridgehead atoms. The predicted molar refractivity (Wildman–Crippen MR) is 281 cm³/mol. The minimum absolute atomic E-state index is 0.0967. The molecule has 38 nitrogen and oxygen atoms in total. The van der Waals surface area contributed by atoms with Crippen LogP contribution in [0.4, 0.5) is 0 Å². The number of carbonyl (C=O) groups is 2. The molecule has 21 saturated heterocycles. The van der Waals surface area contributed by atoms with Gasteiger partial charge in [-0.25, -0.2) is 0 Å². The first-order valence-corrected chi connectivity index (χ1v) is 30.6. The average molecular weight is 1340 g/mol. The summed E-state index contributed by atoms with van der Waals surface area (Å²) in [6.45, 7) is -4.01. The van der Waals surface area contributed by atoms with Crippen LogP contribution >= 0.6 is 23.5 Å². The number of carboxylic acid groups (broad SMARTS) is 2. The molecule has 0 aromatic rings. The van der Waals surface area contributed by atoms with Gasteiger partial charge < -0.3 is 179 Å². The molecule has 14 unspecified atom stereocenters. The summed E-state index contributed by atoms with van der Waals surface area (Å²) >= 11 is 1.72. The maximum Gasteiger partial charge on any atom is 0.321 e. The third-order valence-corrected chi connectivity index (χ3v) is 18.9. The van der Waals surface area contributed by atoms with Gasteiger partial charge in [0.05, 0.1) is 51.2 Å². The number of thioether (sulfide) groups is 2. The van der Waals surface area contributed by atoms with E-state index in [0.717, 1.165) is 23.5 Å². The average Bonchev–Trinajstić information content (AvgIpc) is 0.983. The molecule has 21 aliphatic heterocycles. The highest BCUT2D eigenvalue weighted by molar-refractivity contribution is 7.99. The van der Waals surface area contributed by atoms with Crippen LogP contribution in [0.3, 0.4) is 0 Å². The molecule has 89 heavy (non-hydrogen) atoms. The van der Waals surface area contributed by atoms with E-state index in [1.165, 1.54) is 6.92 Å². The molecule has 40 heteroatoms. The topological polar surface area (TPSA) is 614 Å². The van der Waals surface area contributed by atoms with E-state index in [-0.39, 0.29) is 23.0 Å². The number of ether oxygens (including phenoxy) is 14. The van der Waals surface area contributed by atoms with Gasteiger partial charge in [-0.05, 0) is 0 Å². The van der Waals surface area contributed by atoms with Crippen molar-refractivity contribution in [1.82, 2.24) is 0 Å². The lowest BCUT2D eigenvalue weighted by molar-refractivity contribution is -0.395. The van der Waals surface area contributed by atoms with Crippen molar-refractivity contribution in [2.75, 3.05) is 56.0 Å². The van der Waals surface area contributed by atoms with Crippen LogP contribution < -0.4 is 5.73 Å². The smallest absolute Gasteiger partial charge is 0.321 e. The Hall–Kier alpha value is -1.72. The van der Waals surface area contributed by atoms with Gasteiger partial charge in [-0.2, -0.15) is 23.5 Å². The normalized spacial score (nSPS) is 50.1. The minimum Gasteiger partial charge on any atom is -0.481 e. The molecule has 21 rings (SSSR count). The van der Waals surface area contributed by atoms with Crippen molar-refractivity contribution in [3.63, 3.8) is 0 Å². The Morgan fingerprint density at radius 3 is 0.697 bits per heavy atom. The summed E-state index contributed by atoms with van der Waals surface area (Å²) < 4.78 is 81.8. The lowest BCUT2D eigenvalue weighted by Crippen LogP contribution is -2.68. The Bertz CT molecular complexity index is 2190. The lowest BCUT2D eigenvalue weighted by atomic mass is 9.95. The van der Waals surface area contributed by atoms with E-state index in [1.807, 2.05) is 0 Å². The van der Waals surface area contributed by atoms with E-state index in [2.05, 4.69) is 0 Å². The number of rotatable bonds is 15. The van der Waals surface area contributed by atoms with Crippen LogP contribution in [0.5, 0.6) is 0 Å². The fourth-order valence-electron chi connectivity index (χ4n) is 11.2. The van der Waals surface area contributed by atoms with Crippen molar-refractivity contribution in [3.8, 4) is 0 Å². The first-order valence-electron chi connectivity index (χ1n) is 28.3. The third kappa shape index (κ3) is 15.9. The van der Waals surface area contributed by atoms with Crippen LogP contribution in [0.25, 0.3) is 0 Å². The van der Waals surface area contributed by atoms with E-state index in [0.29, 0.717) is 0 Å². The molecule has 21 fully saturated rings. The van der Waals surface area contributed by atoms with Gasteiger partial charge in [-0.1, -0.05) is 6.92 Å². The van der Waals surface area contributed by atoms with Gasteiger partial charge in [0.15, 0.2) is 44.0 Å². The second-order valence-corrected chi connectivity index (χ2v) is 24.7. The number of aliphatic carboxylic acids is 2. The maximum atomic E-state index is 11.7. The van der Waals surface area contributed by atoms with E-state index in [4.69, 9.17) is 72.0 Å². The number of hydrogen-bond donors (Lipinski definition) is 22. The summed E-state index contributed by atoms with van der Waals surface area (Å²) in [4.78, 5) is 23.3. The monoisotopic (exact) mass is 1340 g/mol. The lowest BCUT2D eigenvalue weighted by Gasteiger charge is -2.50. The van der Waals surface area contributed by atoms with Gasteiger partial charge >= 0.3 is 11.9 Å². The molecular weight excluding hydrogens is 1260 g/mol. The highest BCUT2D eigenvalue weighted by Gasteiger charge is 2.60. The van der Waals surface area contributed by atoms with Gasteiger partial charge in [0.2, 0.25) is 0 Å². The van der Waals surface area contributed by atoms with E-state index in [1.54, 1.807) is 0 Å². The second kappa shape index (κ2) is 31.9. The Morgan fingerprint density at radius 1 is 0.315 bits per heavy atom. The molecule has 0 aromatic heterocycles. The molecule has 0 spiro atoms. The molecule has 0 aromatic carbocycles. The Balaban J connectivity index is 1.11. The molecule has 21 heterocycles. The number of nitrogens with two attached hydrogens (primary N) is 1. The summed E-state index contributed by atoms with van der Waals surface area (Å²) in [5.74, 6) is -4.70. The second-order valence-electron chi connectivity index (χ2n) is 22.5. The molecule has 0 amide bonds. The Morgan fingerprint density at radius 2 is 0.506 bits per heavy atom. The summed E-state index contributed by atoms with van der Waals surface area (Å²) in [7, 11) is 0. The Labute approximate surface area is 512 Å². The molecule has 0 aliphatic carbocycles. The first kappa shape index (κ1) is 73.1. The van der Waals surface area contributed by atoms with Crippen LogP contribution in [0.15, 0.2) is 0 Å².